The van der Waals surface area contributed by atoms with Crippen molar-refractivity contribution >= 4 is 8.32 Å². The third-order valence-corrected chi connectivity index (χ3v) is 2.99. The zero-order valence-corrected chi connectivity index (χ0v) is 10.8. The highest BCUT2D eigenvalue weighted by Gasteiger charge is 2.30. The van der Waals surface area contributed by atoms with Crippen molar-refractivity contribution in [3.05, 3.63) is 12.7 Å². The summed E-state index contributed by atoms with van der Waals surface area (Å²) in [5.41, 5.74) is -0.284. The molecule has 1 atom stereocenters. The van der Waals surface area contributed by atoms with Crippen molar-refractivity contribution in [2.45, 2.75) is 51.4 Å². The SMILES string of the molecule is C=CCC[C@@](C)(CC#N)O[Si](C)(C)C. The summed E-state index contributed by atoms with van der Waals surface area (Å²) in [6, 6.07) is 2.20. The quantitative estimate of drug-likeness (QED) is 0.498. The summed E-state index contributed by atoms with van der Waals surface area (Å²) in [5, 5.41) is 8.76. The summed E-state index contributed by atoms with van der Waals surface area (Å²) >= 11 is 0. The Morgan fingerprint density at radius 2 is 2.07 bits per heavy atom. The second kappa shape index (κ2) is 5.33. The molecule has 0 unspecified atom stereocenters. The van der Waals surface area contributed by atoms with Gasteiger partial charge in [0, 0.05) is 0 Å². The molecule has 0 aliphatic rings. The molecule has 0 radical (unpaired) electrons. The fourth-order valence-electron chi connectivity index (χ4n) is 1.49. The van der Waals surface area contributed by atoms with Crippen LogP contribution in [0.3, 0.4) is 0 Å². The maximum Gasteiger partial charge on any atom is 0.184 e. The van der Waals surface area contributed by atoms with Crippen molar-refractivity contribution < 1.29 is 4.43 Å². The van der Waals surface area contributed by atoms with E-state index in [2.05, 4.69) is 32.3 Å². The minimum atomic E-state index is -1.57. The van der Waals surface area contributed by atoms with Gasteiger partial charge >= 0.3 is 0 Å². The van der Waals surface area contributed by atoms with E-state index in [0.717, 1.165) is 12.8 Å². The van der Waals surface area contributed by atoms with Crippen molar-refractivity contribution in [1.82, 2.24) is 0 Å². The summed E-state index contributed by atoms with van der Waals surface area (Å²) in [4.78, 5) is 0. The largest absolute Gasteiger partial charge is 0.411 e. The van der Waals surface area contributed by atoms with Crippen LogP contribution in [0.25, 0.3) is 0 Å². The molecule has 0 aromatic carbocycles. The Bertz CT molecular complexity index is 226. The molecule has 14 heavy (non-hydrogen) atoms. The van der Waals surface area contributed by atoms with Gasteiger partial charge in [-0.3, -0.25) is 0 Å². The number of hydrogen-bond acceptors (Lipinski definition) is 2. The number of allylic oxidation sites excluding steroid dienone is 1. The molecule has 3 heteroatoms. The van der Waals surface area contributed by atoms with Crippen LogP contribution in [0.2, 0.25) is 19.6 Å². The Hall–Kier alpha value is -0.593. The van der Waals surface area contributed by atoms with E-state index in [4.69, 9.17) is 9.69 Å². The van der Waals surface area contributed by atoms with E-state index in [1.54, 1.807) is 0 Å². The van der Waals surface area contributed by atoms with Crippen LogP contribution in [-0.4, -0.2) is 13.9 Å². The summed E-state index contributed by atoms with van der Waals surface area (Å²) in [5.74, 6) is 0. The molecule has 80 valence electrons. The number of rotatable bonds is 6. The lowest BCUT2D eigenvalue weighted by molar-refractivity contribution is 0.0770. The molecule has 0 saturated carbocycles. The minimum absolute atomic E-state index is 0.284. The molecule has 0 rings (SSSR count). The van der Waals surface area contributed by atoms with Gasteiger partial charge in [0.2, 0.25) is 0 Å². The van der Waals surface area contributed by atoms with E-state index in [9.17, 15) is 0 Å². The highest BCUT2D eigenvalue weighted by atomic mass is 28.4. The summed E-state index contributed by atoms with van der Waals surface area (Å²) in [6.45, 7) is 12.2. The summed E-state index contributed by atoms with van der Waals surface area (Å²) < 4.78 is 6.04. The first-order valence-electron chi connectivity index (χ1n) is 5.01. The lowest BCUT2D eigenvalue weighted by atomic mass is 9.97. The first-order valence-corrected chi connectivity index (χ1v) is 8.42. The van der Waals surface area contributed by atoms with E-state index in [-0.39, 0.29) is 5.60 Å². The van der Waals surface area contributed by atoms with Crippen LogP contribution in [0.5, 0.6) is 0 Å². The molecule has 0 amide bonds. The van der Waals surface area contributed by atoms with Crippen molar-refractivity contribution in [2.24, 2.45) is 0 Å². The molecule has 0 aliphatic heterocycles. The molecule has 0 heterocycles. The Balaban J connectivity index is 4.39. The van der Waals surface area contributed by atoms with E-state index < -0.39 is 8.32 Å². The van der Waals surface area contributed by atoms with Gasteiger partial charge in [0.15, 0.2) is 8.32 Å². The molecule has 0 bridgehead atoms. The van der Waals surface area contributed by atoms with Crippen molar-refractivity contribution in [2.75, 3.05) is 0 Å². The number of nitriles is 1. The van der Waals surface area contributed by atoms with Crippen LogP contribution in [0, 0.1) is 11.3 Å². The molecular weight excluding hydrogens is 190 g/mol. The second-order valence-electron chi connectivity index (χ2n) is 4.83. The van der Waals surface area contributed by atoms with E-state index in [1.165, 1.54) is 0 Å². The Labute approximate surface area is 88.7 Å². The smallest absolute Gasteiger partial charge is 0.184 e. The van der Waals surface area contributed by atoms with Gasteiger partial charge in [-0.25, -0.2) is 0 Å². The van der Waals surface area contributed by atoms with E-state index in [0.29, 0.717) is 6.42 Å². The Morgan fingerprint density at radius 1 is 1.50 bits per heavy atom. The van der Waals surface area contributed by atoms with Gasteiger partial charge in [-0.2, -0.15) is 5.26 Å². The lowest BCUT2D eigenvalue weighted by Crippen LogP contribution is -2.40. The van der Waals surface area contributed by atoms with Gasteiger partial charge in [0.05, 0.1) is 18.1 Å². The Kier molecular flexibility index (Phi) is 5.10. The van der Waals surface area contributed by atoms with E-state index >= 15 is 0 Å². The lowest BCUT2D eigenvalue weighted by Gasteiger charge is -2.34. The van der Waals surface area contributed by atoms with Crippen molar-refractivity contribution in [1.29, 1.82) is 5.26 Å². The molecule has 0 aromatic rings. The molecule has 2 nitrogen and oxygen atoms in total. The topological polar surface area (TPSA) is 33.0 Å². The average molecular weight is 211 g/mol. The van der Waals surface area contributed by atoms with Crippen molar-refractivity contribution in [3.63, 3.8) is 0 Å². The normalized spacial score (nSPS) is 15.6. The monoisotopic (exact) mass is 211 g/mol. The Morgan fingerprint density at radius 3 is 2.43 bits per heavy atom. The molecule has 0 fully saturated rings. The van der Waals surface area contributed by atoms with Crippen LogP contribution in [0.4, 0.5) is 0 Å². The predicted molar refractivity (Wildman–Crippen MR) is 62.5 cm³/mol. The standard InChI is InChI=1S/C11H21NOSi/c1-6-7-8-11(2,9-10-12)13-14(3,4)5/h6H,1,7-9H2,2-5H3/t11-/m0/s1. The first-order chi connectivity index (χ1) is 6.33. The fraction of sp³-hybridized carbons (Fsp3) is 0.727. The van der Waals surface area contributed by atoms with Crippen LogP contribution >= 0.6 is 0 Å². The van der Waals surface area contributed by atoms with Gasteiger partial charge < -0.3 is 4.43 Å². The van der Waals surface area contributed by atoms with Gasteiger partial charge in [0.25, 0.3) is 0 Å². The second-order valence-corrected chi connectivity index (χ2v) is 9.26. The molecule has 0 saturated heterocycles. The maximum atomic E-state index is 8.76. The first kappa shape index (κ1) is 13.4. The van der Waals surface area contributed by atoms with E-state index in [1.807, 2.05) is 13.0 Å². The van der Waals surface area contributed by atoms with Crippen molar-refractivity contribution in [3.8, 4) is 6.07 Å². The molecule has 0 aliphatic carbocycles. The third-order valence-electron chi connectivity index (χ3n) is 1.88. The van der Waals surface area contributed by atoms with Crippen LogP contribution in [0.1, 0.15) is 26.2 Å². The maximum absolute atomic E-state index is 8.76. The molecule has 0 spiro atoms. The predicted octanol–water partition coefficient (Wildman–Crippen LogP) is 3.48. The molecular formula is C11H21NOSi. The highest BCUT2D eigenvalue weighted by Crippen LogP contribution is 2.26. The summed E-state index contributed by atoms with van der Waals surface area (Å²) in [6.07, 6.45) is 4.13. The molecule has 0 N–H and O–H groups in total. The van der Waals surface area contributed by atoms with Crippen LogP contribution in [-0.2, 0) is 4.43 Å². The molecule has 0 aromatic heterocycles. The van der Waals surface area contributed by atoms with Gasteiger partial charge in [0.1, 0.15) is 0 Å². The highest BCUT2D eigenvalue weighted by molar-refractivity contribution is 6.69. The third kappa shape index (κ3) is 5.95. The fourth-order valence-corrected chi connectivity index (χ4v) is 3.14. The van der Waals surface area contributed by atoms with Gasteiger partial charge in [-0.15, -0.1) is 6.58 Å². The average Bonchev–Trinajstić information content (AvgIpc) is 1.98. The van der Waals surface area contributed by atoms with Gasteiger partial charge in [-0.05, 0) is 39.4 Å². The summed E-state index contributed by atoms with van der Waals surface area (Å²) in [7, 11) is -1.57. The number of nitrogens with zero attached hydrogens (tertiary/aromatic N) is 1. The number of hydrogen-bond donors (Lipinski definition) is 0. The van der Waals surface area contributed by atoms with Gasteiger partial charge in [-0.1, -0.05) is 6.08 Å². The minimum Gasteiger partial charge on any atom is -0.411 e. The zero-order valence-electron chi connectivity index (χ0n) is 9.76. The van der Waals surface area contributed by atoms with Crippen LogP contribution in [0.15, 0.2) is 12.7 Å². The zero-order chi connectivity index (χ0) is 11.2. The van der Waals surface area contributed by atoms with Crippen LogP contribution < -0.4 is 0 Å².